The number of sulfonamides is 1. The molecule has 0 spiro atoms. The van der Waals surface area contributed by atoms with Crippen molar-refractivity contribution >= 4 is 10.0 Å². The molecule has 170 valence electrons. The molecule has 3 rings (SSSR count). The SMILES string of the molecule is Cc1cc(C)c(=O)n([C@@H](CNS(C)(=O)=O)CO[C@H]2CC[C@@H](c3cccc(F)c3)CC2)c1. The maximum atomic E-state index is 13.5. The highest BCUT2D eigenvalue weighted by molar-refractivity contribution is 7.88. The van der Waals surface area contributed by atoms with Gasteiger partial charge in [-0.05, 0) is 74.8 Å². The number of aromatic nitrogens is 1. The van der Waals surface area contributed by atoms with Crippen LogP contribution in [0.2, 0.25) is 0 Å². The fourth-order valence-corrected chi connectivity index (χ4v) is 4.74. The number of benzene rings is 1. The Morgan fingerprint density at radius 2 is 1.90 bits per heavy atom. The molecule has 8 heteroatoms. The first-order chi connectivity index (χ1) is 14.6. The van der Waals surface area contributed by atoms with Crippen LogP contribution in [0.3, 0.4) is 0 Å². The summed E-state index contributed by atoms with van der Waals surface area (Å²) in [6.07, 6.45) is 6.38. The van der Waals surface area contributed by atoms with Gasteiger partial charge in [-0.25, -0.2) is 17.5 Å². The van der Waals surface area contributed by atoms with Crippen LogP contribution in [-0.4, -0.2) is 38.5 Å². The lowest BCUT2D eigenvalue weighted by Gasteiger charge is -2.30. The summed E-state index contributed by atoms with van der Waals surface area (Å²) in [7, 11) is -3.40. The molecule has 1 aromatic carbocycles. The van der Waals surface area contributed by atoms with Crippen LogP contribution in [0.25, 0.3) is 0 Å². The van der Waals surface area contributed by atoms with Crippen LogP contribution in [0, 0.1) is 19.7 Å². The van der Waals surface area contributed by atoms with Gasteiger partial charge in [0.2, 0.25) is 10.0 Å². The Bertz CT molecular complexity index is 1060. The van der Waals surface area contributed by atoms with E-state index >= 15 is 0 Å². The Hall–Kier alpha value is -2.03. The van der Waals surface area contributed by atoms with E-state index in [1.54, 1.807) is 29.8 Å². The lowest BCUT2D eigenvalue weighted by atomic mass is 9.83. The summed E-state index contributed by atoms with van der Waals surface area (Å²) in [5.41, 5.74) is 2.41. The smallest absolute Gasteiger partial charge is 0.253 e. The van der Waals surface area contributed by atoms with Gasteiger partial charge in [-0.15, -0.1) is 0 Å². The average molecular weight is 451 g/mol. The van der Waals surface area contributed by atoms with Gasteiger partial charge < -0.3 is 9.30 Å². The van der Waals surface area contributed by atoms with Crippen molar-refractivity contribution in [2.45, 2.75) is 57.6 Å². The molecule has 1 aliphatic carbocycles. The first-order valence-electron chi connectivity index (χ1n) is 10.6. The number of pyridine rings is 1. The number of hydrogen-bond acceptors (Lipinski definition) is 4. The van der Waals surface area contributed by atoms with E-state index in [2.05, 4.69) is 4.72 Å². The largest absolute Gasteiger partial charge is 0.376 e. The Labute approximate surface area is 183 Å². The van der Waals surface area contributed by atoms with E-state index in [1.165, 1.54) is 6.07 Å². The van der Waals surface area contributed by atoms with Crippen LogP contribution in [0.5, 0.6) is 0 Å². The molecule has 6 nitrogen and oxygen atoms in total. The first-order valence-corrected chi connectivity index (χ1v) is 12.5. The molecule has 31 heavy (non-hydrogen) atoms. The molecule has 1 aliphatic rings. The van der Waals surface area contributed by atoms with Gasteiger partial charge in [0, 0.05) is 18.3 Å². The summed E-state index contributed by atoms with van der Waals surface area (Å²) >= 11 is 0. The monoisotopic (exact) mass is 450 g/mol. The van der Waals surface area contributed by atoms with Gasteiger partial charge in [0.25, 0.3) is 5.56 Å². The summed E-state index contributed by atoms with van der Waals surface area (Å²) in [6, 6.07) is 8.14. The second-order valence-corrected chi connectivity index (χ2v) is 10.4. The quantitative estimate of drug-likeness (QED) is 0.668. The van der Waals surface area contributed by atoms with Crippen LogP contribution in [0.4, 0.5) is 4.39 Å². The van der Waals surface area contributed by atoms with Crippen molar-refractivity contribution in [1.29, 1.82) is 0 Å². The molecule has 0 radical (unpaired) electrons. The van der Waals surface area contributed by atoms with Crippen molar-refractivity contribution in [3.05, 3.63) is 69.4 Å². The summed E-state index contributed by atoms with van der Waals surface area (Å²) in [4.78, 5) is 12.7. The molecule has 0 saturated heterocycles. The third-order valence-electron chi connectivity index (χ3n) is 5.85. The molecule has 0 unspecified atom stereocenters. The molecule has 1 saturated carbocycles. The maximum Gasteiger partial charge on any atom is 0.253 e. The van der Waals surface area contributed by atoms with E-state index in [-0.39, 0.29) is 30.6 Å². The standard InChI is InChI=1S/C23H31FN2O4S/c1-16-11-17(2)23(27)26(14-16)21(13-25-31(3,28)29)15-30-22-9-7-18(8-10-22)19-5-4-6-20(24)12-19/h4-6,11-12,14,18,21-22,25H,7-10,13,15H2,1-3H3/t18-,21-,22+/m0/s1. The highest BCUT2D eigenvalue weighted by Gasteiger charge is 2.25. The fraction of sp³-hybridized carbons (Fsp3) is 0.522. The molecular weight excluding hydrogens is 419 g/mol. The fourth-order valence-electron chi connectivity index (χ4n) is 4.25. The zero-order valence-electron chi connectivity index (χ0n) is 18.3. The minimum absolute atomic E-state index is 0.0344. The van der Waals surface area contributed by atoms with Crippen LogP contribution >= 0.6 is 0 Å². The lowest BCUT2D eigenvalue weighted by molar-refractivity contribution is 0.00731. The van der Waals surface area contributed by atoms with E-state index in [9.17, 15) is 17.6 Å². The maximum absolute atomic E-state index is 13.5. The zero-order valence-corrected chi connectivity index (χ0v) is 19.1. The average Bonchev–Trinajstić information content (AvgIpc) is 2.71. The van der Waals surface area contributed by atoms with Crippen molar-refractivity contribution in [2.75, 3.05) is 19.4 Å². The molecule has 1 N–H and O–H groups in total. The van der Waals surface area contributed by atoms with Crippen molar-refractivity contribution < 1.29 is 17.5 Å². The highest BCUT2D eigenvalue weighted by atomic mass is 32.2. The first kappa shape index (κ1) is 23.6. The highest BCUT2D eigenvalue weighted by Crippen LogP contribution is 2.34. The molecule has 1 atom stereocenters. The molecule has 1 aromatic heterocycles. The number of hydrogen-bond donors (Lipinski definition) is 1. The minimum atomic E-state index is -3.40. The summed E-state index contributed by atoms with van der Waals surface area (Å²) < 4.78 is 47.0. The number of rotatable bonds is 8. The van der Waals surface area contributed by atoms with Gasteiger partial charge in [-0.2, -0.15) is 0 Å². The van der Waals surface area contributed by atoms with E-state index in [4.69, 9.17) is 4.74 Å². The number of ether oxygens (including phenoxy) is 1. The number of halogens is 1. The summed E-state index contributed by atoms with van der Waals surface area (Å²) in [5.74, 6) is 0.108. The minimum Gasteiger partial charge on any atom is -0.376 e. The van der Waals surface area contributed by atoms with Gasteiger partial charge in [-0.3, -0.25) is 4.79 Å². The van der Waals surface area contributed by atoms with Crippen LogP contribution < -0.4 is 10.3 Å². The Balaban J connectivity index is 1.65. The molecule has 0 aliphatic heterocycles. The summed E-state index contributed by atoms with van der Waals surface area (Å²) in [6.45, 7) is 3.97. The number of nitrogens with one attached hydrogen (secondary N) is 1. The van der Waals surface area contributed by atoms with E-state index in [0.717, 1.165) is 43.1 Å². The Morgan fingerprint density at radius 1 is 1.19 bits per heavy atom. The molecular formula is C23H31FN2O4S. The van der Waals surface area contributed by atoms with Crippen molar-refractivity contribution in [3.8, 4) is 0 Å². The van der Waals surface area contributed by atoms with Gasteiger partial charge in [0.1, 0.15) is 5.82 Å². The van der Waals surface area contributed by atoms with E-state index in [0.29, 0.717) is 11.5 Å². The van der Waals surface area contributed by atoms with E-state index in [1.807, 2.05) is 19.1 Å². The molecule has 1 fully saturated rings. The van der Waals surface area contributed by atoms with Crippen molar-refractivity contribution in [3.63, 3.8) is 0 Å². The predicted octanol–water partition coefficient (Wildman–Crippen LogP) is 3.44. The Kier molecular flexibility index (Phi) is 7.67. The second kappa shape index (κ2) is 10.1. The Morgan fingerprint density at radius 3 is 2.55 bits per heavy atom. The van der Waals surface area contributed by atoms with Crippen LogP contribution in [0.1, 0.15) is 54.3 Å². The molecule has 0 amide bonds. The van der Waals surface area contributed by atoms with Gasteiger partial charge in [0.05, 0.1) is 25.0 Å². The van der Waals surface area contributed by atoms with Gasteiger partial charge >= 0.3 is 0 Å². The molecule has 1 heterocycles. The number of aryl methyl sites for hydroxylation is 2. The summed E-state index contributed by atoms with van der Waals surface area (Å²) in [5, 5.41) is 0. The third kappa shape index (κ3) is 6.72. The number of nitrogens with zero attached hydrogens (tertiary/aromatic N) is 1. The van der Waals surface area contributed by atoms with E-state index < -0.39 is 16.1 Å². The van der Waals surface area contributed by atoms with Gasteiger partial charge in [-0.1, -0.05) is 12.1 Å². The lowest BCUT2D eigenvalue weighted by Crippen LogP contribution is -2.38. The third-order valence-corrected chi connectivity index (χ3v) is 6.54. The predicted molar refractivity (Wildman–Crippen MR) is 119 cm³/mol. The van der Waals surface area contributed by atoms with Crippen molar-refractivity contribution in [1.82, 2.24) is 9.29 Å². The van der Waals surface area contributed by atoms with Crippen LogP contribution in [-0.2, 0) is 14.8 Å². The molecule has 0 bridgehead atoms. The second-order valence-electron chi connectivity index (χ2n) is 8.55. The zero-order chi connectivity index (χ0) is 22.6. The van der Waals surface area contributed by atoms with Gasteiger partial charge in [0.15, 0.2) is 0 Å². The van der Waals surface area contributed by atoms with Crippen LogP contribution in [0.15, 0.2) is 41.3 Å². The van der Waals surface area contributed by atoms with Crippen molar-refractivity contribution in [2.24, 2.45) is 0 Å². The topological polar surface area (TPSA) is 77.4 Å². The normalized spacial score (nSPS) is 20.5. The molecule has 2 aromatic rings.